The van der Waals surface area contributed by atoms with Gasteiger partial charge in [-0.2, -0.15) is 13.2 Å². The van der Waals surface area contributed by atoms with Gasteiger partial charge in [0.15, 0.2) is 0 Å². The number of para-hydroxylation sites is 1. The average Bonchev–Trinajstić information content (AvgIpc) is 2.71. The predicted molar refractivity (Wildman–Crippen MR) is 67.8 cm³/mol. The largest absolute Gasteiger partial charge is 0.418 e. The van der Waals surface area contributed by atoms with Crippen LogP contribution in [-0.4, -0.2) is 0 Å². The van der Waals surface area contributed by atoms with Gasteiger partial charge in [0.05, 0.1) is 5.56 Å². The summed E-state index contributed by atoms with van der Waals surface area (Å²) in [5, 5.41) is 4.79. The molecule has 0 saturated carbocycles. The summed E-state index contributed by atoms with van der Waals surface area (Å²) in [6.07, 6.45) is -4.33. The van der Waals surface area contributed by atoms with Crippen LogP contribution in [0, 0.1) is 6.92 Å². The molecule has 0 fully saturated rings. The van der Waals surface area contributed by atoms with Crippen LogP contribution in [-0.2, 0) is 12.7 Å². The number of benzene rings is 1. The van der Waals surface area contributed by atoms with Crippen LogP contribution in [0.2, 0.25) is 0 Å². The lowest BCUT2D eigenvalue weighted by Gasteiger charge is -2.14. The molecule has 0 amide bonds. The summed E-state index contributed by atoms with van der Waals surface area (Å²) in [6.45, 7) is 2.36. The minimum absolute atomic E-state index is 0.123. The molecule has 1 nitrogen and oxygen atoms in total. The molecule has 0 bridgehead atoms. The van der Waals surface area contributed by atoms with Gasteiger partial charge in [0.1, 0.15) is 0 Å². The van der Waals surface area contributed by atoms with Crippen molar-refractivity contribution in [2.24, 2.45) is 0 Å². The van der Waals surface area contributed by atoms with Gasteiger partial charge in [0.2, 0.25) is 0 Å². The summed E-state index contributed by atoms with van der Waals surface area (Å²) in [7, 11) is 0. The van der Waals surface area contributed by atoms with E-state index in [1.165, 1.54) is 23.5 Å². The molecule has 0 spiro atoms. The maximum absolute atomic E-state index is 12.8. The summed E-state index contributed by atoms with van der Waals surface area (Å²) >= 11 is 1.54. The van der Waals surface area contributed by atoms with Crippen LogP contribution in [0.5, 0.6) is 0 Å². The van der Waals surface area contributed by atoms with E-state index in [-0.39, 0.29) is 5.69 Å². The van der Waals surface area contributed by atoms with Crippen molar-refractivity contribution in [3.63, 3.8) is 0 Å². The Morgan fingerprint density at radius 3 is 2.50 bits per heavy atom. The molecule has 5 heteroatoms. The topological polar surface area (TPSA) is 12.0 Å². The van der Waals surface area contributed by atoms with E-state index < -0.39 is 11.7 Å². The van der Waals surface area contributed by atoms with Crippen LogP contribution in [0.3, 0.4) is 0 Å². The minimum atomic E-state index is -4.33. The van der Waals surface area contributed by atoms with Gasteiger partial charge in [0.25, 0.3) is 0 Å². The van der Waals surface area contributed by atoms with E-state index in [0.717, 1.165) is 16.5 Å². The number of anilines is 1. The molecular formula is C13H12F3NS. The normalized spacial score (nSPS) is 11.6. The second-order valence-electron chi connectivity index (χ2n) is 3.92. The summed E-state index contributed by atoms with van der Waals surface area (Å²) in [4.78, 5) is 1.05. The van der Waals surface area contributed by atoms with E-state index in [1.807, 2.05) is 18.4 Å². The molecule has 0 unspecified atom stereocenters. The average molecular weight is 271 g/mol. The Hall–Kier alpha value is -1.49. The lowest BCUT2D eigenvalue weighted by Crippen LogP contribution is -2.10. The van der Waals surface area contributed by atoms with Crippen molar-refractivity contribution >= 4 is 17.0 Å². The molecule has 18 heavy (non-hydrogen) atoms. The lowest BCUT2D eigenvalue weighted by atomic mass is 10.1. The number of alkyl halides is 3. The third-order valence-corrected chi connectivity index (χ3v) is 3.66. The molecule has 0 aliphatic rings. The maximum Gasteiger partial charge on any atom is 0.418 e. The first-order valence-corrected chi connectivity index (χ1v) is 6.29. The Kier molecular flexibility index (Phi) is 3.61. The van der Waals surface area contributed by atoms with Crippen LogP contribution < -0.4 is 5.32 Å². The number of aryl methyl sites for hydroxylation is 1. The van der Waals surface area contributed by atoms with E-state index in [4.69, 9.17) is 0 Å². The number of thiophene rings is 1. The summed E-state index contributed by atoms with van der Waals surface area (Å²) < 4.78 is 38.3. The zero-order valence-corrected chi connectivity index (χ0v) is 10.5. The van der Waals surface area contributed by atoms with Crippen molar-refractivity contribution in [3.8, 4) is 0 Å². The Labute approximate surface area is 107 Å². The molecule has 0 saturated heterocycles. The second-order valence-corrected chi connectivity index (χ2v) is 4.92. The number of hydrogen-bond donors (Lipinski definition) is 1. The fourth-order valence-electron chi connectivity index (χ4n) is 1.65. The highest BCUT2D eigenvalue weighted by Crippen LogP contribution is 2.34. The van der Waals surface area contributed by atoms with Gasteiger partial charge in [-0.3, -0.25) is 0 Å². The number of rotatable bonds is 3. The van der Waals surface area contributed by atoms with Crippen LogP contribution >= 0.6 is 11.3 Å². The van der Waals surface area contributed by atoms with E-state index in [1.54, 1.807) is 6.07 Å². The first-order chi connectivity index (χ1) is 8.48. The Morgan fingerprint density at radius 1 is 1.17 bits per heavy atom. The number of nitrogens with one attached hydrogen (secondary N) is 1. The van der Waals surface area contributed by atoms with Crippen LogP contribution in [0.1, 0.15) is 16.0 Å². The zero-order chi connectivity index (χ0) is 13.2. The van der Waals surface area contributed by atoms with Crippen LogP contribution in [0.25, 0.3) is 0 Å². The Balaban J connectivity index is 2.17. The molecule has 1 aromatic heterocycles. The Bertz CT molecular complexity index is 531. The van der Waals surface area contributed by atoms with Gasteiger partial charge in [-0.25, -0.2) is 0 Å². The highest BCUT2D eigenvalue weighted by molar-refractivity contribution is 7.10. The zero-order valence-electron chi connectivity index (χ0n) is 9.71. The summed E-state index contributed by atoms with van der Waals surface area (Å²) in [5.41, 5.74) is 0.592. The van der Waals surface area contributed by atoms with Crippen LogP contribution in [0.15, 0.2) is 35.7 Å². The molecule has 1 heterocycles. The van der Waals surface area contributed by atoms with Gasteiger partial charge in [0, 0.05) is 17.1 Å². The standard InChI is InChI=1S/C13H12F3NS/c1-9-6-7-18-12(9)8-17-11-5-3-2-4-10(11)13(14,15)16/h2-7,17H,8H2,1H3. The third kappa shape index (κ3) is 2.85. The summed E-state index contributed by atoms with van der Waals surface area (Å²) in [5.74, 6) is 0. The van der Waals surface area contributed by atoms with Crippen LogP contribution in [0.4, 0.5) is 18.9 Å². The lowest BCUT2D eigenvalue weighted by molar-refractivity contribution is -0.136. The highest BCUT2D eigenvalue weighted by atomic mass is 32.1. The maximum atomic E-state index is 12.8. The van der Waals surface area contributed by atoms with Gasteiger partial charge in [-0.05, 0) is 36.1 Å². The predicted octanol–water partition coefficient (Wildman–Crippen LogP) is 4.69. The van der Waals surface area contributed by atoms with Crippen molar-refractivity contribution in [1.82, 2.24) is 0 Å². The van der Waals surface area contributed by atoms with E-state index >= 15 is 0 Å². The van der Waals surface area contributed by atoms with Crippen molar-refractivity contribution in [1.29, 1.82) is 0 Å². The van der Waals surface area contributed by atoms with E-state index in [2.05, 4.69) is 5.32 Å². The Morgan fingerprint density at radius 2 is 1.89 bits per heavy atom. The number of hydrogen-bond acceptors (Lipinski definition) is 2. The first-order valence-electron chi connectivity index (χ1n) is 5.41. The smallest absolute Gasteiger partial charge is 0.380 e. The van der Waals surface area contributed by atoms with E-state index in [9.17, 15) is 13.2 Å². The van der Waals surface area contributed by atoms with Crippen molar-refractivity contribution in [3.05, 3.63) is 51.7 Å². The molecule has 0 aliphatic heterocycles. The number of halogens is 3. The van der Waals surface area contributed by atoms with Crippen molar-refractivity contribution < 1.29 is 13.2 Å². The monoisotopic (exact) mass is 271 g/mol. The molecule has 2 aromatic rings. The van der Waals surface area contributed by atoms with E-state index in [0.29, 0.717) is 6.54 Å². The molecule has 1 aromatic carbocycles. The van der Waals surface area contributed by atoms with Gasteiger partial charge in [-0.15, -0.1) is 11.3 Å². The molecule has 96 valence electrons. The van der Waals surface area contributed by atoms with Crippen molar-refractivity contribution in [2.75, 3.05) is 5.32 Å². The van der Waals surface area contributed by atoms with Gasteiger partial charge in [-0.1, -0.05) is 12.1 Å². The summed E-state index contributed by atoms with van der Waals surface area (Å²) in [6, 6.07) is 7.48. The molecule has 2 rings (SSSR count). The molecule has 0 atom stereocenters. The molecule has 0 radical (unpaired) electrons. The van der Waals surface area contributed by atoms with Gasteiger partial charge >= 0.3 is 6.18 Å². The fraction of sp³-hybridized carbons (Fsp3) is 0.231. The highest BCUT2D eigenvalue weighted by Gasteiger charge is 2.33. The molecular weight excluding hydrogens is 259 g/mol. The second kappa shape index (κ2) is 5.02. The fourth-order valence-corrected chi connectivity index (χ4v) is 2.49. The molecule has 0 aliphatic carbocycles. The SMILES string of the molecule is Cc1ccsc1CNc1ccccc1C(F)(F)F. The third-order valence-electron chi connectivity index (χ3n) is 2.64. The molecule has 1 N–H and O–H groups in total. The quantitative estimate of drug-likeness (QED) is 0.854. The minimum Gasteiger partial charge on any atom is -0.380 e. The van der Waals surface area contributed by atoms with Gasteiger partial charge < -0.3 is 5.32 Å². The first kappa shape index (κ1) is 13.0. The van der Waals surface area contributed by atoms with Crippen molar-refractivity contribution in [2.45, 2.75) is 19.6 Å².